The largest absolute Gasteiger partial charge is 0.478 e. The van der Waals surface area contributed by atoms with Crippen LogP contribution in [0.1, 0.15) is 39.7 Å². The van der Waals surface area contributed by atoms with Crippen molar-refractivity contribution >= 4 is 17.8 Å². The van der Waals surface area contributed by atoms with E-state index in [2.05, 4.69) is 0 Å². The molecule has 1 aliphatic rings. The third-order valence-corrected chi connectivity index (χ3v) is 5.09. The number of allylic oxidation sites excluding steroid dienone is 4. The molecule has 4 heteroatoms. The lowest BCUT2D eigenvalue weighted by atomic mass is 9.62. The molecular weight excluding hydrogens is 340 g/mol. The van der Waals surface area contributed by atoms with E-state index >= 15 is 0 Å². The van der Waals surface area contributed by atoms with Crippen LogP contribution in [-0.2, 0) is 9.59 Å². The summed E-state index contributed by atoms with van der Waals surface area (Å²) in [4.78, 5) is 23.5. The number of aliphatic carboxylic acids is 1. The van der Waals surface area contributed by atoms with Crippen molar-refractivity contribution in [3.05, 3.63) is 76.9 Å². The number of rotatable bonds is 5. The van der Waals surface area contributed by atoms with Gasteiger partial charge in [-0.05, 0) is 36.6 Å². The van der Waals surface area contributed by atoms with Crippen LogP contribution in [-0.4, -0.2) is 27.6 Å². The second-order valence-corrected chi connectivity index (χ2v) is 7.59. The van der Waals surface area contributed by atoms with E-state index in [1.807, 2.05) is 50.3 Å². The van der Waals surface area contributed by atoms with Crippen LogP contribution in [0.3, 0.4) is 0 Å². The van der Waals surface area contributed by atoms with E-state index in [0.717, 1.165) is 11.6 Å². The van der Waals surface area contributed by atoms with Crippen LogP contribution >= 0.6 is 0 Å². The monoisotopic (exact) mass is 366 g/mol. The van der Waals surface area contributed by atoms with E-state index in [0.29, 0.717) is 16.7 Å². The van der Waals surface area contributed by atoms with E-state index in [1.54, 1.807) is 32.1 Å². The van der Waals surface area contributed by atoms with E-state index in [9.17, 15) is 14.7 Å². The SMILES string of the molecule is CC1=C(/C=C/c2ccccc2)C(=O)CC(C)(C)[C@@]1(O)/C=C/C(C)=C\C(=O)O. The van der Waals surface area contributed by atoms with Crippen molar-refractivity contribution in [3.8, 4) is 0 Å². The van der Waals surface area contributed by atoms with Gasteiger partial charge in [0.25, 0.3) is 0 Å². The minimum atomic E-state index is -1.36. The number of hydrogen-bond donors (Lipinski definition) is 2. The van der Waals surface area contributed by atoms with Crippen LogP contribution < -0.4 is 0 Å². The number of benzene rings is 1. The normalized spacial score (nSPS) is 23.4. The predicted octanol–water partition coefficient (Wildman–Crippen LogP) is 4.33. The zero-order valence-electron chi connectivity index (χ0n) is 16.2. The Kier molecular flexibility index (Phi) is 6.01. The van der Waals surface area contributed by atoms with Gasteiger partial charge < -0.3 is 10.2 Å². The lowest BCUT2D eigenvalue weighted by Crippen LogP contribution is -2.49. The standard InChI is InChI=1S/C23H26O4/c1-16(14-21(25)26)12-13-23(27)17(2)19(20(24)15-22(23,3)4)11-10-18-8-6-5-7-9-18/h5-14,27H,15H2,1-4H3,(H,25,26)/b11-10+,13-12+,16-14-/t23-/m1/s1. The molecule has 4 nitrogen and oxygen atoms in total. The Hall–Kier alpha value is -2.72. The minimum Gasteiger partial charge on any atom is -0.478 e. The van der Waals surface area contributed by atoms with Gasteiger partial charge in [0.05, 0.1) is 0 Å². The zero-order chi connectivity index (χ0) is 20.2. The molecule has 1 atom stereocenters. The summed E-state index contributed by atoms with van der Waals surface area (Å²) < 4.78 is 0. The molecule has 1 aliphatic carbocycles. The van der Waals surface area contributed by atoms with Crippen LogP contribution in [0.2, 0.25) is 0 Å². The third kappa shape index (κ3) is 4.52. The van der Waals surface area contributed by atoms with Gasteiger partial charge in [0.2, 0.25) is 0 Å². The Labute approximate surface area is 160 Å². The van der Waals surface area contributed by atoms with E-state index in [1.165, 1.54) is 0 Å². The summed E-state index contributed by atoms with van der Waals surface area (Å²) in [7, 11) is 0. The van der Waals surface area contributed by atoms with Crippen molar-refractivity contribution in [1.82, 2.24) is 0 Å². The molecule has 0 saturated carbocycles. The number of carbonyl (C=O) groups excluding carboxylic acids is 1. The van der Waals surface area contributed by atoms with Crippen LogP contribution in [0, 0.1) is 5.41 Å². The lowest BCUT2D eigenvalue weighted by molar-refractivity contribution is -0.131. The Balaban J connectivity index is 2.48. The van der Waals surface area contributed by atoms with Crippen molar-refractivity contribution in [2.24, 2.45) is 5.41 Å². The van der Waals surface area contributed by atoms with Gasteiger partial charge in [-0.1, -0.05) is 62.4 Å². The molecule has 0 aliphatic heterocycles. The molecule has 2 rings (SSSR count). The van der Waals surface area contributed by atoms with Crippen LogP contribution in [0.4, 0.5) is 0 Å². The van der Waals surface area contributed by atoms with Crippen molar-refractivity contribution < 1.29 is 19.8 Å². The maximum Gasteiger partial charge on any atom is 0.328 e. The first-order valence-corrected chi connectivity index (χ1v) is 8.87. The Bertz CT molecular complexity index is 854. The maximum absolute atomic E-state index is 12.7. The average Bonchev–Trinajstić information content (AvgIpc) is 2.58. The fourth-order valence-electron chi connectivity index (χ4n) is 3.36. The first kappa shape index (κ1) is 20.6. The van der Waals surface area contributed by atoms with E-state index < -0.39 is 17.0 Å². The van der Waals surface area contributed by atoms with E-state index in [-0.39, 0.29) is 12.2 Å². The first-order chi connectivity index (χ1) is 12.6. The third-order valence-electron chi connectivity index (χ3n) is 5.09. The zero-order valence-corrected chi connectivity index (χ0v) is 16.2. The van der Waals surface area contributed by atoms with Crippen molar-refractivity contribution in [1.29, 1.82) is 0 Å². The molecule has 2 N–H and O–H groups in total. The molecule has 0 amide bonds. The second-order valence-electron chi connectivity index (χ2n) is 7.59. The average molecular weight is 366 g/mol. The fraction of sp³-hybridized carbons (Fsp3) is 0.304. The molecule has 0 heterocycles. The Morgan fingerprint density at radius 3 is 2.37 bits per heavy atom. The topological polar surface area (TPSA) is 74.6 Å². The van der Waals surface area contributed by atoms with Gasteiger partial charge in [-0.3, -0.25) is 4.79 Å². The number of Topliss-reactive ketones (excluding diaryl/α,β-unsaturated/α-hetero) is 1. The highest BCUT2D eigenvalue weighted by Crippen LogP contribution is 2.46. The van der Waals surface area contributed by atoms with Gasteiger partial charge in [0.1, 0.15) is 5.60 Å². The minimum absolute atomic E-state index is 0.0134. The van der Waals surface area contributed by atoms with Gasteiger partial charge in [0, 0.05) is 23.5 Å². The summed E-state index contributed by atoms with van der Waals surface area (Å²) in [6, 6.07) is 9.64. The first-order valence-electron chi connectivity index (χ1n) is 8.87. The Morgan fingerprint density at radius 2 is 1.78 bits per heavy atom. The number of carboxylic acid groups (broad SMARTS) is 1. The fourth-order valence-corrected chi connectivity index (χ4v) is 3.36. The van der Waals surface area contributed by atoms with Crippen molar-refractivity contribution in [3.63, 3.8) is 0 Å². The highest BCUT2D eigenvalue weighted by Gasteiger charge is 2.48. The molecule has 0 fully saturated rings. The Morgan fingerprint density at radius 1 is 1.15 bits per heavy atom. The number of carboxylic acids is 1. The number of carbonyl (C=O) groups is 2. The summed E-state index contributed by atoms with van der Waals surface area (Å²) in [6.45, 7) is 7.09. The smallest absolute Gasteiger partial charge is 0.328 e. The van der Waals surface area contributed by atoms with Gasteiger partial charge in [-0.25, -0.2) is 4.79 Å². The van der Waals surface area contributed by atoms with E-state index in [4.69, 9.17) is 5.11 Å². The van der Waals surface area contributed by atoms with Gasteiger partial charge in [0.15, 0.2) is 5.78 Å². The molecule has 0 unspecified atom stereocenters. The molecule has 0 aromatic heterocycles. The van der Waals surface area contributed by atoms with Crippen molar-refractivity contribution in [2.45, 2.75) is 39.7 Å². The highest BCUT2D eigenvalue weighted by molar-refractivity contribution is 6.01. The summed E-state index contributed by atoms with van der Waals surface area (Å²) in [6.07, 6.45) is 8.07. The molecule has 0 radical (unpaired) electrons. The number of aliphatic hydroxyl groups is 1. The molecule has 1 aromatic carbocycles. The number of ketones is 1. The summed E-state index contributed by atoms with van der Waals surface area (Å²) in [5.74, 6) is -1.05. The summed E-state index contributed by atoms with van der Waals surface area (Å²) in [5, 5.41) is 20.3. The van der Waals surface area contributed by atoms with Gasteiger partial charge in [-0.2, -0.15) is 0 Å². The van der Waals surface area contributed by atoms with Crippen LogP contribution in [0.15, 0.2) is 71.4 Å². The molecular formula is C23H26O4. The van der Waals surface area contributed by atoms with Crippen LogP contribution in [0.25, 0.3) is 6.08 Å². The summed E-state index contributed by atoms with van der Waals surface area (Å²) >= 11 is 0. The molecule has 142 valence electrons. The molecule has 0 spiro atoms. The second kappa shape index (κ2) is 7.89. The predicted molar refractivity (Wildman–Crippen MR) is 107 cm³/mol. The quantitative estimate of drug-likeness (QED) is 0.601. The highest BCUT2D eigenvalue weighted by atomic mass is 16.4. The van der Waals surface area contributed by atoms with Gasteiger partial charge in [-0.15, -0.1) is 0 Å². The number of hydrogen-bond acceptors (Lipinski definition) is 3. The van der Waals surface area contributed by atoms with Crippen molar-refractivity contribution in [2.75, 3.05) is 0 Å². The molecule has 1 aromatic rings. The molecule has 0 saturated heterocycles. The lowest BCUT2D eigenvalue weighted by Gasteiger charge is -2.45. The summed E-state index contributed by atoms with van der Waals surface area (Å²) in [5.41, 5.74) is 0.469. The molecule has 0 bridgehead atoms. The van der Waals surface area contributed by atoms with Crippen LogP contribution in [0.5, 0.6) is 0 Å². The maximum atomic E-state index is 12.7. The molecule has 27 heavy (non-hydrogen) atoms. The van der Waals surface area contributed by atoms with Gasteiger partial charge >= 0.3 is 5.97 Å².